The number of halogens is 2. The summed E-state index contributed by atoms with van der Waals surface area (Å²) in [7, 11) is -4.20. The molecule has 0 spiro atoms. The van der Waals surface area contributed by atoms with E-state index >= 15 is 0 Å². The third kappa shape index (κ3) is 8.03. The molecule has 0 saturated heterocycles. The van der Waals surface area contributed by atoms with Crippen molar-refractivity contribution in [3.63, 3.8) is 0 Å². The van der Waals surface area contributed by atoms with Crippen LogP contribution in [0.1, 0.15) is 51.0 Å². The second kappa shape index (κ2) is 14.2. The van der Waals surface area contributed by atoms with Crippen LogP contribution in [0.25, 0.3) is 0 Å². The van der Waals surface area contributed by atoms with E-state index < -0.39 is 28.5 Å². The lowest BCUT2D eigenvalue weighted by Gasteiger charge is -2.34. The molecule has 218 valence electrons. The van der Waals surface area contributed by atoms with E-state index in [2.05, 4.69) is 5.32 Å². The molecule has 1 saturated carbocycles. The van der Waals surface area contributed by atoms with Crippen LogP contribution >= 0.6 is 23.2 Å². The summed E-state index contributed by atoms with van der Waals surface area (Å²) < 4.78 is 28.8. The van der Waals surface area contributed by atoms with Gasteiger partial charge in [-0.1, -0.05) is 85.8 Å². The first-order valence-electron chi connectivity index (χ1n) is 13.9. The molecule has 2 amide bonds. The van der Waals surface area contributed by atoms with Crippen LogP contribution in [0.3, 0.4) is 0 Å². The van der Waals surface area contributed by atoms with Gasteiger partial charge in [0, 0.05) is 22.6 Å². The quantitative estimate of drug-likeness (QED) is 0.269. The molecule has 1 N–H and O–H groups in total. The number of hydrogen-bond acceptors (Lipinski definition) is 4. The standard InChI is InChI=1S/C31H35Cl2N3O4S/c1-2-29(31(38)34-26-13-7-4-8-14-26)35(21-23-10-5-3-6-11-23)30(37)22-36(27-15-9-12-25(33)20-27)41(39,40)28-18-16-24(32)17-19-28/h3,5-6,9-12,15-20,26,29H,2,4,7-8,13-14,21-22H2,1H3,(H,34,38). The van der Waals surface area contributed by atoms with E-state index in [4.69, 9.17) is 23.2 Å². The molecule has 0 aliphatic heterocycles. The second-order valence-corrected chi connectivity index (χ2v) is 13.0. The van der Waals surface area contributed by atoms with Gasteiger partial charge in [-0.25, -0.2) is 8.42 Å². The highest BCUT2D eigenvalue weighted by atomic mass is 35.5. The van der Waals surface area contributed by atoms with Gasteiger partial charge in [-0.15, -0.1) is 0 Å². The number of sulfonamides is 1. The Morgan fingerprint density at radius 2 is 1.59 bits per heavy atom. The number of nitrogens with one attached hydrogen (secondary N) is 1. The molecule has 7 nitrogen and oxygen atoms in total. The molecular weight excluding hydrogens is 581 g/mol. The van der Waals surface area contributed by atoms with Gasteiger partial charge in [-0.05, 0) is 67.3 Å². The lowest BCUT2D eigenvalue weighted by molar-refractivity contribution is -0.140. The van der Waals surface area contributed by atoms with Gasteiger partial charge in [0.05, 0.1) is 10.6 Å². The summed E-state index contributed by atoms with van der Waals surface area (Å²) in [6.07, 6.45) is 5.48. The minimum Gasteiger partial charge on any atom is -0.352 e. The van der Waals surface area contributed by atoms with Crippen molar-refractivity contribution in [1.82, 2.24) is 10.2 Å². The third-order valence-corrected chi connectivity index (χ3v) is 9.59. The molecule has 3 aromatic carbocycles. The van der Waals surface area contributed by atoms with Gasteiger partial charge in [0.15, 0.2) is 0 Å². The lowest BCUT2D eigenvalue weighted by atomic mass is 9.95. The molecule has 1 unspecified atom stereocenters. The van der Waals surface area contributed by atoms with E-state index in [1.807, 2.05) is 37.3 Å². The zero-order valence-corrected chi connectivity index (χ0v) is 25.3. The average molecular weight is 617 g/mol. The highest BCUT2D eigenvalue weighted by molar-refractivity contribution is 7.92. The van der Waals surface area contributed by atoms with Crippen LogP contribution < -0.4 is 9.62 Å². The first-order chi connectivity index (χ1) is 19.7. The van der Waals surface area contributed by atoms with Gasteiger partial charge >= 0.3 is 0 Å². The minimum atomic E-state index is -4.20. The summed E-state index contributed by atoms with van der Waals surface area (Å²) >= 11 is 12.2. The Morgan fingerprint density at radius 1 is 0.902 bits per heavy atom. The van der Waals surface area contributed by atoms with Gasteiger partial charge in [0.1, 0.15) is 12.6 Å². The van der Waals surface area contributed by atoms with Crippen molar-refractivity contribution in [2.45, 2.75) is 69.0 Å². The summed E-state index contributed by atoms with van der Waals surface area (Å²) in [5, 5.41) is 3.86. The Kier molecular flexibility index (Phi) is 10.7. The molecule has 41 heavy (non-hydrogen) atoms. The largest absolute Gasteiger partial charge is 0.352 e. The lowest BCUT2D eigenvalue weighted by Crippen LogP contribution is -2.54. The van der Waals surface area contributed by atoms with Gasteiger partial charge in [-0.2, -0.15) is 0 Å². The molecular formula is C31H35Cl2N3O4S. The van der Waals surface area contributed by atoms with Crippen LogP contribution in [0.15, 0.2) is 83.8 Å². The summed E-state index contributed by atoms with van der Waals surface area (Å²) in [4.78, 5) is 29.2. The molecule has 4 rings (SSSR count). The minimum absolute atomic E-state index is 0.0219. The van der Waals surface area contributed by atoms with Crippen LogP contribution in [0.5, 0.6) is 0 Å². The normalized spacial score (nSPS) is 14.7. The number of anilines is 1. The number of nitrogens with zero attached hydrogens (tertiary/aromatic N) is 2. The smallest absolute Gasteiger partial charge is 0.264 e. The number of hydrogen-bond donors (Lipinski definition) is 1. The number of carbonyl (C=O) groups excluding carboxylic acids is 2. The summed E-state index contributed by atoms with van der Waals surface area (Å²) in [5.74, 6) is -0.726. The molecule has 0 radical (unpaired) electrons. The van der Waals surface area contributed by atoms with Crippen LogP contribution in [0.4, 0.5) is 5.69 Å². The topological polar surface area (TPSA) is 86.8 Å². The maximum absolute atomic E-state index is 14.1. The molecule has 0 aromatic heterocycles. The molecule has 1 aliphatic rings. The number of amides is 2. The van der Waals surface area contributed by atoms with E-state index in [9.17, 15) is 18.0 Å². The summed E-state index contributed by atoms with van der Waals surface area (Å²) in [6, 6.07) is 20.8. The highest BCUT2D eigenvalue weighted by Gasteiger charge is 2.34. The molecule has 0 bridgehead atoms. The van der Waals surface area contributed by atoms with Crippen molar-refractivity contribution in [3.05, 3.63) is 94.5 Å². The summed E-state index contributed by atoms with van der Waals surface area (Å²) in [5.41, 5.74) is 1.07. The Balaban J connectivity index is 1.69. The highest BCUT2D eigenvalue weighted by Crippen LogP contribution is 2.28. The summed E-state index contributed by atoms with van der Waals surface area (Å²) in [6.45, 7) is 1.49. The van der Waals surface area contributed by atoms with Gasteiger partial charge in [-0.3, -0.25) is 13.9 Å². The number of rotatable bonds is 11. The maximum Gasteiger partial charge on any atom is 0.264 e. The van der Waals surface area contributed by atoms with Crippen molar-refractivity contribution >= 4 is 50.7 Å². The van der Waals surface area contributed by atoms with Crippen LogP contribution in [0, 0.1) is 0 Å². The van der Waals surface area contributed by atoms with E-state index in [0.717, 1.165) is 42.0 Å². The predicted octanol–water partition coefficient (Wildman–Crippen LogP) is 6.45. The molecule has 1 atom stereocenters. The fourth-order valence-electron chi connectivity index (χ4n) is 5.14. The van der Waals surface area contributed by atoms with Crippen LogP contribution in [-0.4, -0.2) is 43.8 Å². The van der Waals surface area contributed by atoms with E-state index in [0.29, 0.717) is 16.5 Å². The van der Waals surface area contributed by atoms with Gasteiger partial charge < -0.3 is 10.2 Å². The maximum atomic E-state index is 14.1. The zero-order valence-electron chi connectivity index (χ0n) is 23.0. The third-order valence-electron chi connectivity index (χ3n) is 7.31. The zero-order chi connectivity index (χ0) is 29.4. The Hall–Kier alpha value is -3.07. The van der Waals surface area contributed by atoms with E-state index in [1.54, 1.807) is 18.2 Å². The Labute approximate surface area is 252 Å². The van der Waals surface area contributed by atoms with Crippen LogP contribution in [0.2, 0.25) is 10.0 Å². The Bertz CT molecular complexity index is 1430. The molecule has 3 aromatic rings. The first kappa shape index (κ1) is 30.9. The molecule has 1 aliphatic carbocycles. The van der Waals surface area contributed by atoms with Crippen molar-refractivity contribution < 1.29 is 18.0 Å². The average Bonchev–Trinajstić information content (AvgIpc) is 2.97. The number of carbonyl (C=O) groups is 2. The fraction of sp³-hybridized carbons (Fsp3) is 0.355. The second-order valence-electron chi connectivity index (χ2n) is 10.2. The Morgan fingerprint density at radius 3 is 2.22 bits per heavy atom. The van der Waals surface area contributed by atoms with Gasteiger partial charge in [0.2, 0.25) is 11.8 Å². The molecule has 10 heteroatoms. The monoisotopic (exact) mass is 615 g/mol. The van der Waals surface area contributed by atoms with Crippen molar-refractivity contribution in [2.75, 3.05) is 10.8 Å². The van der Waals surface area contributed by atoms with E-state index in [-0.39, 0.29) is 29.1 Å². The van der Waals surface area contributed by atoms with Crippen molar-refractivity contribution in [1.29, 1.82) is 0 Å². The fourth-order valence-corrected chi connectivity index (χ4v) is 6.85. The van der Waals surface area contributed by atoms with Crippen molar-refractivity contribution in [3.8, 4) is 0 Å². The van der Waals surface area contributed by atoms with Gasteiger partial charge in [0.25, 0.3) is 10.0 Å². The molecule has 1 fully saturated rings. The van der Waals surface area contributed by atoms with Crippen molar-refractivity contribution in [2.24, 2.45) is 0 Å². The molecule has 0 heterocycles. The number of benzene rings is 3. The first-order valence-corrected chi connectivity index (χ1v) is 16.1. The predicted molar refractivity (Wildman–Crippen MR) is 164 cm³/mol. The SMILES string of the molecule is CCC(C(=O)NC1CCCCC1)N(Cc1ccccc1)C(=O)CN(c1cccc(Cl)c1)S(=O)(=O)c1ccc(Cl)cc1. The van der Waals surface area contributed by atoms with E-state index in [1.165, 1.54) is 35.2 Å². The van der Waals surface area contributed by atoms with Crippen LogP contribution in [-0.2, 0) is 26.2 Å².